The number of halogens is 1. The molecule has 29 heavy (non-hydrogen) atoms. The molecule has 0 aliphatic heterocycles. The molecule has 0 aliphatic carbocycles. The van der Waals surface area contributed by atoms with Gasteiger partial charge in [0.2, 0.25) is 0 Å². The predicted molar refractivity (Wildman–Crippen MR) is 107 cm³/mol. The highest BCUT2D eigenvalue weighted by Crippen LogP contribution is 2.25. The van der Waals surface area contributed by atoms with E-state index in [1.165, 1.54) is 18.2 Å². The molecule has 0 saturated carbocycles. The number of carboxylic acid groups (broad SMARTS) is 1. The standard InChI is InChI=1S/C22H15ClN2O4/c1-13-18(23)3-2-4-19(13)25-21(26)16(12-24)11-17-9-10-20(29-17)14-5-7-15(8-6-14)22(27)28/h2-11H,1H3,(H,25,26)(H,27,28)/p-1/b16-11+. The zero-order valence-electron chi connectivity index (χ0n) is 15.2. The van der Waals surface area contributed by atoms with Crippen molar-refractivity contribution in [1.29, 1.82) is 5.26 Å². The van der Waals surface area contributed by atoms with E-state index in [4.69, 9.17) is 16.0 Å². The van der Waals surface area contributed by atoms with Gasteiger partial charge in [0.25, 0.3) is 5.91 Å². The fourth-order valence-electron chi connectivity index (χ4n) is 2.58. The first-order valence-electron chi connectivity index (χ1n) is 8.49. The van der Waals surface area contributed by atoms with Gasteiger partial charge in [-0.05, 0) is 42.3 Å². The summed E-state index contributed by atoms with van der Waals surface area (Å²) in [5, 5.41) is 23.3. The molecule has 0 bridgehead atoms. The number of furan rings is 1. The highest BCUT2D eigenvalue weighted by atomic mass is 35.5. The van der Waals surface area contributed by atoms with E-state index < -0.39 is 11.9 Å². The van der Waals surface area contributed by atoms with Gasteiger partial charge in [0.1, 0.15) is 23.2 Å². The van der Waals surface area contributed by atoms with E-state index in [0.717, 1.165) is 0 Å². The van der Waals surface area contributed by atoms with E-state index in [1.807, 2.05) is 6.07 Å². The van der Waals surface area contributed by atoms with Crippen molar-refractivity contribution in [2.45, 2.75) is 6.92 Å². The van der Waals surface area contributed by atoms with Crippen LogP contribution in [0.2, 0.25) is 5.02 Å². The number of rotatable bonds is 5. The Bertz CT molecular complexity index is 1150. The van der Waals surface area contributed by atoms with Crippen molar-refractivity contribution in [3.05, 3.63) is 82.1 Å². The van der Waals surface area contributed by atoms with Gasteiger partial charge in [-0.3, -0.25) is 4.79 Å². The molecule has 0 radical (unpaired) electrons. The Labute approximate surface area is 171 Å². The summed E-state index contributed by atoms with van der Waals surface area (Å²) < 4.78 is 5.65. The van der Waals surface area contributed by atoms with Gasteiger partial charge >= 0.3 is 0 Å². The minimum Gasteiger partial charge on any atom is -0.545 e. The van der Waals surface area contributed by atoms with Crippen LogP contribution >= 0.6 is 11.6 Å². The molecule has 1 heterocycles. The topological polar surface area (TPSA) is 106 Å². The SMILES string of the molecule is Cc1c(Cl)cccc1NC(=O)/C(C#N)=C/c1ccc(-c2ccc(C(=O)[O-])cc2)o1. The second-order valence-corrected chi connectivity index (χ2v) is 6.51. The van der Waals surface area contributed by atoms with Crippen molar-refractivity contribution in [1.82, 2.24) is 0 Å². The first kappa shape index (κ1) is 19.9. The third-order valence-corrected chi connectivity index (χ3v) is 4.61. The van der Waals surface area contributed by atoms with E-state index in [9.17, 15) is 20.0 Å². The molecule has 1 amide bonds. The van der Waals surface area contributed by atoms with Gasteiger partial charge in [-0.25, -0.2) is 0 Å². The first-order chi connectivity index (χ1) is 13.9. The highest BCUT2D eigenvalue weighted by molar-refractivity contribution is 6.31. The lowest BCUT2D eigenvalue weighted by molar-refractivity contribution is -0.255. The molecule has 7 heteroatoms. The largest absolute Gasteiger partial charge is 0.545 e. The number of amides is 1. The number of nitriles is 1. The van der Waals surface area contributed by atoms with Gasteiger partial charge in [-0.2, -0.15) is 5.26 Å². The van der Waals surface area contributed by atoms with E-state index in [2.05, 4.69) is 5.32 Å². The van der Waals surface area contributed by atoms with Gasteiger partial charge in [0.15, 0.2) is 0 Å². The number of carbonyl (C=O) groups excluding carboxylic acids is 2. The maximum Gasteiger partial charge on any atom is 0.266 e. The number of nitrogens with one attached hydrogen (secondary N) is 1. The summed E-state index contributed by atoms with van der Waals surface area (Å²) in [4.78, 5) is 23.3. The summed E-state index contributed by atoms with van der Waals surface area (Å²) in [6, 6.07) is 16.2. The molecule has 3 aromatic rings. The maximum absolute atomic E-state index is 12.4. The second-order valence-electron chi connectivity index (χ2n) is 6.10. The van der Waals surface area contributed by atoms with Gasteiger partial charge < -0.3 is 19.6 Å². The van der Waals surface area contributed by atoms with Crippen molar-refractivity contribution < 1.29 is 19.1 Å². The fourth-order valence-corrected chi connectivity index (χ4v) is 2.75. The molecule has 6 nitrogen and oxygen atoms in total. The lowest BCUT2D eigenvalue weighted by Gasteiger charge is -2.08. The Balaban J connectivity index is 1.81. The van der Waals surface area contributed by atoms with Crippen LogP contribution in [0.3, 0.4) is 0 Å². The van der Waals surface area contributed by atoms with Crippen LogP contribution in [0, 0.1) is 18.3 Å². The molecule has 0 atom stereocenters. The number of carbonyl (C=O) groups is 2. The average Bonchev–Trinajstić information content (AvgIpc) is 3.18. The Morgan fingerprint density at radius 2 is 1.86 bits per heavy atom. The normalized spacial score (nSPS) is 11.0. The molecule has 0 spiro atoms. The van der Waals surface area contributed by atoms with Crippen LogP contribution in [0.4, 0.5) is 5.69 Å². The van der Waals surface area contributed by atoms with Crippen molar-refractivity contribution >= 4 is 35.2 Å². The smallest absolute Gasteiger partial charge is 0.266 e. The summed E-state index contributed by atoms with van der Waals surface area (Å²) in [5.41, 5.74) is 1.77. The summed E-state index contributed by atoms with van der Waals surface area (Å²) >= 11 is 6.05. The Morgan fingerprint density at radius 1 is 1.14 bits per heavy atom. The van der Waals surface area contributed by atoms with Crippen LogP contribution in [0.5, 0.6) is 0 Å². The van der Waals surface area contributed by atoms with Crippen molar-refractivity contribution in [2.24, 2.45) is 0 Å². The minimum absolute atomic E-state index is 0.0557. The summed E-state index contributed by atoms with van der Waals surface area (Å²) in [6.07, 6.45) is 1.33. The number of carboxylic acids is 1. The summed E-state index contributed by atoms with van der Waals surface area (Å²) in [7, 11) is 0. The Kier molecular flexibility index (Phi) is 5.82. The first-order valence-corrected chi connectivity index (χ1v) is 8.86. The number of benzene rings is 2. The second kappa shape index (κ2) is 8.46. The molecule has 0 saturated heterocycles. The minimum atomic E-state index is -1.26. The molecular weight excluding hydrogens is 392 g/mol. The molecule has 1 N–H and O–H groups in total. The van der Waals surface area contributed by atoms with E-state index in [0.29, 0.717) is 33.4 Å². The van der Waals surface area contributed by atoms with Gasteiger partial charge in [-0.1, -0.05) is 41.9 Å². The maximum atomic E-state index is 12.4. The number of nitrogens with zero attached hydrogens (tertiary/aromatic N) is 1. The van der Waals surface area contributed by atoms with E-state index in [1.54, 1.807) is 49.4 Å². The van der Waals surface area contributed by atoms with Crippen LogP contribution in [0.1, 0.15) is 21.7 Å². The van der Waals surface area contributed by atoms with Crippen LogP contribution in [0.25, 0.3) is 17.4 Å². The van der Waals surface area contributed by atoms with Gasteiger partial charge in [-0.15, -0.1) is 0 Å². The lowest BCUT2D eigenvalue weighted by atomic mass is 10.1. The highest BCUT2D eigenvalue weighted by Gasteiger charge is 2.13. The van der Waals surface area contributed by atoms with Crippen LogP contribution in [-0.2, 0) is 4.79 Å². The molecule has 0 fully saturated rings. The number of hydrogen-bond donors (Lipinski definition) is 1. The summed E-state index contributed by atoms with van der Waals surface area (Å²) in [6.45, 7) is 1.76. The molecule has 1 aromatic heterocycles. The molecule has 0 aliphatic rings. The van der Waals surface area contributed by atoms with Crippen molar-refractivity contribution in [2.75, 3.05) is 5.32 Å². The van der Waals surface area contributed by atoms with Crippen LogP contribution < -0.4 is 10.4 Å². The number of aromatic carboxylic acids is 1. The van der Waals surface area contributed by atoms with Crippen molar-refractivity contribution in [3.63, 3.8) is 0 Å². The molecule has 0 unspecified atom stereocenters. The monoisotopic (exact) mass is 405 g/mol. The molecule has 144 valence electrons. The van der Waals surface area contributed by atoms with Crippen LogP contribution in [0.15, 0.2) is 64.6 Å². The predicted octanol–water partition coefficient (Wildman–Crippen LogP) is 3.82. The number of anilines is 1. The fraction of sp³-hybridized carbons (Fsp3) is 0.0455. The summed E-state index contributed by atoms with van der Waals surface area (Å²) in [5.74, 6) is -1.09. The molecular formula is C22H14ClN2O4-. The van der Waals surface area contributed by atoms with Gasteiger partial charge in [0, 0.05) is 22.3 Å². The molecule has 2 aromatic carbocycles. The Hall–Kier alpha value is -3.82. The van der Waals surface area contributed by atoms with E-state index in [-0.39, 0.29) is 11.1 Å². The average molecular weight is 406 g/mol. The zero-order chi connectivity index (χ0) is 21.0. The molecule has 3 rings (SSSR count). The lowest BCUT2D eigenvalue weighted by Crippen LogP contribution is -2.21. The van der Waals surface area contributed by atoms with Crippen LogP contribution in [-0.4, -0.2) is 11.9 Å². The van der Waals surface area contributed by atoms with Gasteiger partial charge in [0.05, 0.1) is 5.97 Å². The zero-order valence-corrected chi connectivity index (χ0v) is 16.0. The third kappa shape index (κ3) is 4.54. The number of hydrogen-bond acceptors (Lipinski definition) is 5. The van der Waals surface area contributed by atoms with Crippen molar-refractivity contribution in [3.8, 4) is 17.4 Å². The Morgan fingerprint density at radius 3 is 2.52 bits per heavy atom. The third-order valence-electron chi connectivity index (χ3n) is 4.20. The quantitative estimate of drug-likeness (QED) is 0.513. The van der Waals surface area contributed by atoms with E-state index >= 15 is 0 Å².